The molecule has 1 aliphatic heterocycles. The molecule has 0 spiro atoms. The summed E-state index contributed by atoms with van der Waals surface area (Å²) in [6, 6.07) is 6.28. The lowest BCUT2D eigenvalue weighted by molar-refractivity contribution is -0.274. The topological polar surface area (TPSA) is 72.3 Å². The summed E-state index contributed by atoms with van der Waals surface area (Å²) in [5.41, 5.74) is 1.25. The maximum absolute atomic E-state index is 12.4. The summed E-state index contributed by atoms with van der Waals surface area (Å²) in [6.07, 6.45) is 3.24. The van der Waals surface area contributed by atoms with E-state index in [9.17, 15) is 18.0 Å². The molecule has 2 aromatic rings. The Labute approximate surface area is 178 Å². The fourth-order valence-corrected chi connectivity index (χ4v) is 4.33. The van der Waals surface area contributed by atoms with Gasteiger partial charge in [0.05, 0.1) is 12.2 Å². The maximum atomic E-state index is 12.4. The molecule has 1 aliphatic carbocycles. The molecule has 1 atom stereocenters. The number of hydrogen-bond donors (Lipinski definition) is 1. The van der Waals surface area contributed by atoms with Crippen LogP contribution in [0.4, 0.5) is 13.2 Å². The number of likely N-dealkylation sites (tertiary alicyclic amines) is 1. The van der Waals surface area contributed by atoms with E-state index in [4.69, 9.17) is 0 Å². The minimum atomic E-state index is -4.69. The molecule has 1 amide bonds. The van der Waals surface area contributed by atoms with Crippen LogP contribution in [0.2, 0.25) is 0 Å². The van der Waals surface area contributed by atoms with Gasteiger partial charge < -0.3 is 10.1 Å². The van der Waals surface area contributed by atoms with Gasteiger partial charge in [0.15, 0.2) is 5.69 Å². The van der Waals surface area contributed by atoms with Crippen LogP contribution in [0.1, 0.15) is 60.6 Å². The van der Waals surface area contributed by atoms with Crippen molar-refractivity contribution in [1.82, 2.24) is 25.2 Å². The number of nitrogens with one attached hydrogen (secondary N) is 1. The Morgan fingerprint density at radius 1 is 1.13 bits per heavy atom. The number of alkyl halides is 3. The number of hydrogen-bond acceptors (Lipinski definition) is 5. The zero-order valence-corrected chi connectivity index (χ0v) is 17.1. The van der Waals surface area contributed by atoms with E-state index in [1.165, 1.54) is 12.1 Å². The van der Waals surface area contributed by atoms with E-state index in [2.05, 4.69) is 25.3 Å². The third-order valence-corrected chi connectivity index (χ3v) is 5.85. The number of benzene rings is 1. The van der Waals surface area contributed by atoms with Crippen LogP contribution in [0.15, 0.2) is 30.5 Å². The number of ether oxygens (including phenoxy) is 1. The van der Waals surface area contributed by atoms with E-state index in [0.29, 0.717) is 12.2 Å². The fraction of sp³-hybridized carbons (Fsp3) is 0.571. The van der Waals surface area contributed by atoms with Crippen molar-refractivity contribution in [2.75, 3.05) is 13.1 Å². The third-order valence-electron chi connectivity index (χ3n) is 5.85. The van der Waals surface area contributed by atoms with Crippen LogP contribution >= 0.6 is 0 Å². The number of piperidine rings is 1. The number of rotatable bonds is 6. The van der Waals surface area contributed by atoms with Crippen molar-refractivity contribution < 1.29 is 22.7 Å². The summed E-state index contributed by atoms with van der Waals surface area (Å²) in [7, 11) is 0. The van der Waals surface area contributed by atoms with Gasteiger partial charge in [-0.05, 0) is 49.9 Å². The van der Waals surface area contributed by atoms with Gasteiger partial charge in [0.1, 0.15) is 5.75 Å². The first kappa shape index (κ1) is 21.6. The standard InChI is InChI=1S/C21H26F3N5O2/c22-21(23,24)31-18-9-7-15(8-10-18)12-28-11-3-6-17(13-28)29-14-19(26-27-29)20(30)25-16-4-1-2-5-16/h7-10,14,16-17H,1-6,11-13H2,(H,25,30)/t17-/m1/s1. The molecule has 168 valence electrons. The molecule has 1 saturated carbocycles. The van der Waals surface area contributed by atoms with Crippen LogP contribution in [0.25, 0.3) is 0 Å². The number of halogens is 3. The minimum Gasteiger partial charge on any atom is -0.406 e. The Kier molecular flexibility index (Phi) is 6.45. The predicted molar refractivity (Wildman–Crippen MR) is 106 cm³/mol. The van der Waals surface area contributed by atoms with Gasteiger partial charge in [0.2, 0.25) is 0 Å². The Morgan fingerprint density at radius 3 is 2.58 bits per heavy atom. The van der Waals surface area contributed by atoms with Gasteiger partial charge in [-0.2, -0.15) is 0 Å². The monoisotopic (exact) mass is 437 g/mol. The van der Waals surface area contributed by atoms with Crippen LogP contribution in [0.5, 0.6) is 5.75 Å². The second kappa shape index (κ2) is 9.25. The Balaban J connectivity index is 1.32. The van der Waals surface area contributed by atoms with Crippen LogP contribution in [0, 0.1) is 0 Å². The number of aromatic nitrogens is 3. The van der Waals surface area contributed by atoms with E-state index < -0.39 is 6.36 Å². The number of nitrogens with zero attached hydrogens (tertiary/aromatic N) is 4. The van der Waals surface area contributed by atoms with Gasteiger partial charge in [-0.25, -0.2) is 4.68 Å². The molecule has 0 radical (unpaired) electrons. The molecule has 1 saturated heterocycles. The highest BCUT2D eigenvalue weighted by Crippen LogP contribution is 2.25. The Bertz CT molecular complexity index is 878. The molecule has 0 bridgehead atoms. The normalized spacial score (nSPS) is 20.7. The first-order valence-electron chi connectivity index (χ1n) is 10.7. The highest BCUT2D eigenvalue weighted by Gasteiger charge is 2.31. The van der Waals surface area contributed by atoms with Gasteiger partial charge in [-0.3, -0.25) is 9.69 Å². The summed E-state index contributed by atoms with van der Waals surface area (Å²) < 4.78 is 42.6. The SMILES string of the molecule is O=C(NC1CCCC1)c1cn([C@@H]2CCCN(Cc3ccc(OC(F)(F)F)cc3)C2)nn1. The molecule has 2 heterocycles. The van der Waals surface area contributed by atoms with E-state index in [1.54, 1.807) is 23.0 Å². The number of carbonyl (C=O) groups is 1. The highest BCUT2D eigenvalue weighted by molar-refractivity contribution is 5.92. The smallest absolute Gasteiger partial charge is 0.406 e. The van der Waals surface area contributed by atoms with Crippen LogP contribution < -0.4 is 10.1 Å². The van der Waals surface area contributed by atoms with Crippen LogP contribution in [-0.4, -0.2) is 51.3 Å². The van der Waals surface area contributed by atoms with Crippen molar-refractivity contribution in [2.45, 2.75) is 63.5 Å². The summed E-state index contributed by atoms with van der Waals surface area (Å²) in [5.74, 6) is -0.397. The van der Waals surface area contributed by atoms with Gasteiger partial charge in [0.25, 0.3) is 5.91 Å². The molecule has 2 aliphatic rings. The fourth-order valence-electron chi connectivity index (χ4n) is 4.33. The lowest BCUT2D eigenvalue weighted by Crippen LogP contribution is -2.36. The second-order valence-electron chi connectivity index (χ2n) is 8.26. The van der Waals surface area contributed by atoms with Crippen molar-refractivity contribution >= 4 is 5.91 Å². The molecule has 31 heavy (non-hydrogen) atoms. The average molecular weight is 437 g/mol. The Morgan fingerprint density at radius 2 is 1.87 bits per heavy atom. The van der Waals surface area contributed by atoms with Gasteiger partial charge >= 0.3 is 6.36 Å². The predicted octanol–water partition coefficient (Wildman–Crippen LogP) is 3.69. The summed E-state index contributed by atoms with van der Waals surface area (Å²) in [6.45, 7) is 2.24. The molecule has 1 aromatic carbocycles. The van der Waals surface area contributed by atoms with E-state index >= 15 is 0 Å². The van der Waals surface area contributed by atoms with Gasteiger partial charge in [-0.1, -0.05) is 30.2 Å². The molecule has 2 fully saturated rings. The first-order chi connectivity index (χ1) is 14.9. The first-order valence-corrected chi connectivity index (χ1v) is 10.7. The largest absolute Gasteiger partial charge is 0.573 e. The van der Waals surface area contributed by atoms with Crippen molar-refractivity contribution in [1.29, 1.82) is 0 Å². The quantitative estimate of drug-likeness (QED) is 0.746. The molecule has 1 aromatic heterocycles. The average Bonchev–Trinajstić information content (AvgIpc) is 3.41. The molecule has 1 N–H and O–H groups in total. The van der Waals surface area contributed by atoms with Crippen molar-refractivity contribution in [2.24, 2.45) is 0 Å². The highest BCUT2D eigenvalue weighted by atomic mass is 19.4. The summed E-state index contributed by atoms with van der Waals surface area (Å²) >= 11 is 0. The minimum absolute atomic E-state index is 0.0992. The lowest BCUT2D eigenvalue weighted by atomic mass is 10.0. The van der Waals surface area contributed by atoms with E-state index in [0.717, 1.165) is 57.2 Å². The van der Waals surface area contributed by atoms with Gasteiger partial charge in [-0.15, -0.1) is 18.3 Å². The Hall–Kier alpha value is -2.62. The number of amides is 1. The second-order valence-corrected chi connectivity index (χ2v) is 8.26. The molecule has 0 unspecified atom stereocenters. The van der Waals surface area contributed by atoms with Crippen LogP contribution in [-0.2, 0) is 6.54 Å². The number of carbonyl (C=O) groups excluding carboxylic acids is 1. The molecule has 7 nitrogen and oxygen atoms in total. The lowest BCUT2D eigenvalue weighted by Gasteiger charge is -2.32. The van der Waals surface area contributed by atoms with E-state index in [1.807, 2.05) is 0 Å². The van der Waals surface area contributed by atoms with Crippen molar-refractivity contribution in [3.63, 3.8) is 0 Å². The molecule has 10 heteroatoms. The maximum Gasteiger partial charge on any atom is 0.573 e. The van der Waals surface area contributed by atoms with Crippen molar-refractivity contribution in [3.05, 3.63) is 41.7 Å². The van der Waals surface area contributed by atoms with Crippen molar-refractivity contribution in [3.8, 4) is 5.75 Å². The van der Waals surface area contributed by atoms with E-state index in [-0.39, 0.29) is 23.7 Å². The zero-order chi connectivity index (χ0) is 21.8. The van der Waals surface area contributed by atoms with Crippen LogP contribution in [0.3, 0.4) is 0 Å². The molecular formula is C21H26F3N5O2. The van der Waals surface area contributed by atoms with Gasteiger partial charge in [0, 0.05) is 19.1 Å². The molecular weight excluding hydrogens is 411 g/mol. The summed E-state index contributed by atoms with van der Waals surface area (Å²) in [4.78, 5) is 14.6. The zero-order valence-electron chi connectivity index (χ0n) is 17.1. The third kappa shape index (κ3) is 5.96. The summed E-state index contributed by atoms with van der Waals surface area (Å²) in [5, 5.41) is 11.3. The molecule has 4 rings (SSSR count).